The van der Waals surface area contributed by atoms with E-state index in [4.69, 9.17) is 0 Å². The van der Waals surface area contributed by atoms with Crippen LogP contribution in [-0.4, -0.2) is 32.2 Å². The molecule has 0 aliphatic rings. The zero-order chi connectivity index (χ0) is 11.9. The Balaban J connectivity index is 2.01. The van der Waals surface area contributed by atoms with Crippen LogP contribution in [0.3, 0.4) is 0 Å². The van der Waals surface area contributed by atoms with Gasteiger partial charge in [0.05, 0.1) is 5.75 Å². The van der Waals surface area contributed by atoms with Crippen LogP contribution in [0.25, 0.3) is 0 Å². The van der Waals surface area contributed by atoms with Gasteiger partial charge in [0.25, 0.3) is 0 Å². The minimum atomic E-state index is -3.03. The maximum atomic E-state index is 11.1. The minimum Gasteiger partial charge on any atom is -0.367 e. The fourth-order valence-electron chi connectivity index (χ4n) is 1.24. The average molecular weight is 245 g/mol. The van der Waals surface area contributed by atoms with Gasteiger partial charge in [-0.1, -0.05) is 0 Å². The van der Waals surface area contributed by atoms with Crippen LogP contribution in [0, 0.1) is 0 Å². The highest BCUT2D eigenvalue weighted by molar-refractivity contribution is 7.89. The highest BCUT2D eigenvalue weighted by atomic mass is 32.2. The lowest BCUT2D eigenvalue weighted by molar-refractivity contribution is 0.575. The molecule has 5 nitrogen and oxygen atoms in total. The van der Waals surface area contributed by atoms with E-state index in [0.29, 0.717) is 6.54 Å². The Morgan fingerprint density at radius 3 is 2.81 bits per heavy atom. The van der Waals surface area contributed by atoms with Gasteiger partial charge in [-0.3, -0.25) is 0 Å². The molecule has 6 heteroatoms. The summed E-state index contributed by atoms with van der Waals surface area (Å²) in [5, 5.41) is 3.24. The summed E-state index contributed by atoms with van der Waals surface area (Å²) in [6.07, 6.45) is 4.61. The summed E-state index contributed by atoms with van der Waals surface area (Å²) in [6.45, 7) is 3.74. The van der Waals surface area contributed by atoms with Gasteiger partial charge >= 0.3 is 0 Å². The quantitative estimate of drug-likeness (QED) is 0.582. The van der Waals surface area contributed by atoms with E-state index in [1.807, 2.05) is 18.5 Å². The van der Waals surface area contributed by atoms with E-state index in [0.717, 1.165) is 19.5 Å². The Morgan fingerprint density at radius 1 is 1.38 bits per heavy atom. The molecule has 0 amide bonds. The molecule has 0 radical (unpaired) electrons. The Morgan fingerprint density at radius 2 is 2.19 bits per heavy atom. The van der Waals surface area contributed by atoms with E-state index in [-0.39, 0.29) is 5.75 Å². The molecule has 1 aromatic rings. The van der Waals surface area contributed by atoms with E-state index in [1.54, 1.807) is 6.92 Å². The second-order valence-electron chi connectivity index (χ2n) is 3.55. The van der Waals surface area contributed by atoms with Crippen LogP contribution >= 0.6 is 0 Å². The number of sulfonamides is 1. The monoisotopic (exact) mass is 245 g/mol. The fraction of sp³-hybridized carbons (Fsp3) is 0.600. The van der Waals surface area contributed by atoms with Crippen molar-refractivity contribution in [1.82, 2.24) is 15.0 Å². The number of aromatic amines is 1. The summed E-state index contributed by atoms with van der Waals surface area (Å²) in [7, 11) is -3.03. The highest BCUT2D eigenvalue weighted by Crippen LogP contribution is 1.94. The minimum absolute atomic E-state index is 0.143. The molecule has 1 rings (SSSR count). The third kappa shape index (κ3) is 5.29. The molecule has 3 N–H and O–H groups in total. The first-order chi connectivity index (χ1) is 7.64. The molecular formula is C10H19N3O2S. The third-order valence-electron chi connectivity index (χ3n) is 2.22. The van der Waals surface area contributed by atoms with Gasteiger partial charge in [-0.25, -0.2) is 13.1 Å². The Kier molecular flexibility index (Phi) is 5.51. The van der Waals surface area contributed by atoms with E-state index in [2.05, 4.69) is 15.0 Å². The fourth-order valence-corrected chi connectivity index (χ4v) is 1.90. The van der Waals surface area contributed by atoms with Crippen LogP contribution in [0.5, 0.6) is 0 Å². The normalized spacial score (nSPS) is 11.8. The van der Waals surface area contributed by atoms with Crippen molar-refractivity contribution in [2.75, 3.05) is 18.8 Å². The third-order valence-corrected chi connectivity index (χ3v) is 3.63. The molecule has 1 aromatic heterocycles. The second-order valence-corrected chi connectivity index (χ2v) is 5.64. The van der Waals surface area contributed by atoms with Gasteiger partial charge < -0.3 is 10.3 Å². The summed E-state index contributed by atoms with van der Waals surface area (Å²) in [5.41, 5.74) is 1.20. The number of aromatic nitrogens is 1. The zero-order valence-electron chi connectivity index (χ0n) is 9.49. The van der Waals surface area contributed by atoms with E-state index in [1.165, 1.54) is 5.56 Å². The lowest BCUT2D eigenvalue weighted by Crippen LogP contribution is -2.28. The molecular weight excluding hydrogens is 226 g/mol. The topological polar surface area (TPSA) is 74.0 Å². The van der Waals surface area contributed by atoms with Crippen molar-refractivity contribution in [1.29, 1.82) is 0 Å². The molecule has 0 saturated heterocycles. The Bertz CT molecular complexity index is 373. The molecule has 0 bridgehead atoms. The Labute approximate surface area is 96.7 Å². The summed E-state index contributed by atoms with van der Waals surface area (Å²) in [6, 6.07) is 2.01. The molecule has 0 aromatic carbocycles. The molecule has 0 spiro atoms. The van der Waals surface area contributed by atoms with E-state index in [9.17, 15) is 8.42 Å². The number of hydrogen-bond acceptors (Lipinski definition) is 3. The first-order valence-electron chi connectivity index (χ1n) is 5.44. The molecule has 0 unspecified atom stereocenters. The van der Waals surface area contributed by atoms with Gasteiger partial charge in [0, 0.05) is 25.5 Å². The van der Waals surface area contributed by atoms with Crippen LogP contribution in [-0.2, 0) is 16.6 Å². The first-order valence-corrected chi connectivity index (χ1v) is 7.09. The van der Waals surface area contributed by atoms with Crippen molar-refractivity contribution in [3.8, 4) is 0 Å². The van der Waals surface area contributed by atoms with Gasteiger partial charge in [0.15, 0.2) is 0 Å². The van der Waals surface area contributed by atoms with E-state index < -0.39 is 10.0 Å². The summed E-state index contributed by atoms with van der Waals surface area (Å²) >= 11 is 0. The lowest BCUT2D eigenvalue weighted by atomic mass is 10.3. The predicted octanol–water partition coefficient (Wildman–Crippen LogP) is 0.434. The predicted molar refractivity (Wildman–Crippen MR) is 64.6 cm³/mol. The number of hydrogen-bond donors (Lipinski definition) is 3. The highest BCUT2D eigenvalue weighted by Gasteiger charge is 2.03. The Hall–Kier alpha value is -0.850. The molecule has 0 saturated carbocycles. The van der Waals surface area contributed by atoms with Crippen LogP contribution in [0.1, 0.15) is 18.9 Å². The molecule has 16 heavy (non-hydrogen) atoms. The van der Waals surface area contributed by atoms with Gasteiger partial charge in [0.2, 0.25) is 10.0 Å². The summed E-state index contributed by atoms with van der Waals surface area (Å²) in [4.78, 5) is 2.98. The van der Waals surface area contributed by atoms with Gasteiger partial charge in [0.1, 0.15) is 0 Å². The van der Waals surface area contributed by atoms with Crippen molar-refractivity contribution >= 4 is 10.0 Å². The molecule has 0 aliphatic heterocycles. The van der Waals surface area contributed by atoms with Crippen molar-refractivity contribution in [2.45, 2.75) is 19.9 Å². The second kappa shape index (κ2) is 6.67. The van der Waals surface area contributed by atoms with Gasteiger partial charge in [-0.05, 0) is 31.5 Å². The van der Waals surface area contributed by atoms with Crippen molar-refractivity contribution in [3.05, 3.63) is 24.0 Å². The van der Waals surface area contributed by atoms with Gasteiger partial charge in [-0.15, -0.1) is 0 Å². The largest absolute Gasteiger partial charge is 0.367 e. The maximum Gasteiger partial charge on any atom is 0.211 e. The number of H-pyrrole nitrogens is 1. The van der Waals surface area contributed by atoms with Crippen molar-refractivity contribution in [3.63, 3.8) is 0 Å². The zero-order valence-corrected chi connectivity index (χ0v) is 10.3. The molecule has 92 valence electrons. The van der Waals surface area contributed by atoms with Crippen LogP contribution < -0.4 is 10.0 Å². The standard InChI is InChI=1S/C10H19N3O2S/c1-2-16(14,15)13-6-3-5-11-8-10-4-7-12-9-10/h4,7,9,11-13H,2-3,5-6,8H2,1H3. The van der Waals surface area contributed by atoms with Gasteiger partial charge in [-0.2, -0.15) is 0 Å². The average Bonchev–Trinajstić information content (AvgIpc) is 2.76. The van der Waals surface area contributed by atoms with Crippen LogP contribution in [0.2, 0.25) is 0 Å². The van der Waals surface area contributed by atoms with Crippen molar-refractivity contribution in [2.24, 2.45) is 0 Å². The number of rotatable bonds is 8. The maximum absolute atomic E-state index is 11.1. The SMILES string of the molecule is CCS(=O)(=O)NCCCNCc1cc[nH]c1. The van der Waals surface area contributed by atoms with Crippen LogP contribution in [0.4, 0.5) is 0 Å². The first kappa shape index (κ1) is 13.2. The molecule has 0 atom stereocenters. The van der Waals surface area contributed by atoms with E-state index >= 15 is 0 Å². The van der Waals surface area contributed by atoms with Crippen molar-refractivity contribution < 1.29 is 8.42 Å². The molecule has 1 heterocycles. The van der Waals surface area contributed by atoms with Crippen LogP contribution in [0.15, 0.2) is 18.5 Å². The lowest BCUT2D eigenvalue weighted by Gasteiger charge is -2.05. The molecule has 0 aliphatic carbocycles. The summed E-state index contributed by atoms with van der Waals surface area (Å²) in [5.74, 6) is 0.143. The number of nitrogens with one attached hydrogen (secondary N) is 3. The molecule has 0 fully saturated rings. The summed E-state index contributed by atoms with van der Waals surface area (Å²) < 4.78 is 24.7. The smallest absolute Gasteiger partial charge is 0.211 e.